The molecule has 1 N–H and O–H groups in total. The summed E-state index contributed by atoms with van der Waals surface area (Å²) in [5.41, 5.74) is 0.245. The van der Waals surface area contributed by atoms with Crippen molar-refractivity contribution in [3.8, 4) is 0 Å². The molecule has 0 aromatic carbocycles. The maximum Gasteiger partial charge on any atom is 0.270 e. The van der Waals surface area contributed by atoms with Crippen LogP contribution in [0.4, 0.5) is 0 Å². The van der Waals surface area contributed by atoms with Gasteiger partial charge in [0.25, 0.3) is 15.9 Å². The first-order chi connectivity index (χ1) is 8.98. The van der Waals surface area contributed by atoms with E-state index in [-0.39, 0.29) is 21.0 Å². The van der Waals surface area contributed by atoms with E-state index in [0.717, 1.165) is 3.97 Å². The van der Waals surface area contributed by atoms with E-state index < -0.39 is 10.0 Å². The highest BCUT2D eigenvalue weighted by Gasteiger charge is 2.23. The minimum Gasteiger partial charge on any atom is -0.355 e. The van der Waals surface area contributed by atoms with E-state index in [9.17, 15) is 13.2 Å². The number of nitrogens with one attached hydrogen (secondary N) is 1. The van der Waals surface area contributed by atoms with Gasteiger partial charge in [0.2, 0.25) is 0 Å². The second-order valence-electron chi connectivity index (χ2n) is 3.59. The lowest BCUT2D eigenvalue weighted by Crippen LogP contribution is -2.19. The largest absolute Gasteiger partial charge is 0.355 e. The first-order valence-electron chi connectivity index (χ1n) is 5.23. The molecule has 0 saturated heterocycles. The molecule has 100 valence electrons. The van der Waals surface area contributed by atoms with E-state index in [1.165, 1.54) is 43.8 Å². The molecule has 1 amide bonds. The van der Waals surface area contributed by atoms with Crippen LogP contribution in [0.3, 0.4) is 0 Å². The van der Waals surface area contributed by atoms with E-state index in [2.05, 4.69) is 26.2 Å². The van der Waals surface area contributed by atoms with Gasteiger partial charge in [-0.25, -0.2) is 12.4 Å². The Labute approximate surface area is 118 Å². The van der Waals surface area contributed by atoms with Crippen LogP contribution in [0, 0.1) is 0 Å². The van der Waals surface area contributed by atoms with E-state index in [4.69, 9.17) is 0 Å². The number of pyridine rings is 1. The van der Waals surface area contributed by atoms with Gasteiger partial charge in [-0.15, -0.1) is 0 Å². The van der Waals surface area contributed by atoms with Crippen LogP contribution < -0.4 is 5.32 Å². The first-order valence-corrected chi connectivity index (χ1v) is 7.46. The fraction of sp³-hybridized carbons (Fsp3) is 0.0909. The molecular weight excluding hydrogens is 334 g/mol. The number of amides is 1. The molecule has 6 nitrogen and oxygen atoms in total. The first kappa shape index (κ1) is 13.8. The molecular formula is C11H10BrN3O3S. The number of carbonyl (C=O) groups excluding carboxylic acids is 1. The Morgan fingerprint density at radius 2 is 2.16 bits per heavy atom. The van der Waals surface area contributed by atoms with Gasteiger partial charge in [0.15, 0.2) is 0 Å². The molecule has 2 aromatic rings. The molecule has 0 aliphatic carbocycles. The second-order valence-corrected chi connectivity index (χ2v) is 6.16. The predicted octanol–water partition coefficient (Wildman–Crippen LogP) is 1.24. The lowest BCUT2D eigenvalue weighted by atomic mass is 10.3. The zero-order chi connectivity index (χ0) is 14.0. The quantitative estimate of drug-likeness (QED) is 0.909. The van der Waals surface area contributed by atoms with Gasteiger partial charge in [-0.2, -0.15) is 0 Å². The van der Waals surface area contributed by atoms with E-state index in [0.29, 0.717) is 0 Å². The number of halogens is 1. The Bertz CT molecular complexity index is 710. The summed E-state index contributed by atoms with van der Waals surface area (Å²) >= 11 is 3.13. The number of aromatic nitrogens is 2. The summed E-state index contributed by atoms with van der Waals surface area (Å²) in [4.78, 5) is 15.4. The van der Waals surface area contributed by atoms with Crippen molar-refractivity contribution in [2.45, 2.75) is 4.90 Å². The highest BCUT2D eigenvalue weighted by Crippen LogP contribution is 2.23. The normalized spacial score (nSPS) is 11.3. The molecule has 0 fully saturated rings. The van der Waals surface area contributed by atoms with Crippen LogP contribution in [-0.2, 0) is 10.0 Å². The molecule has 0 spiro atoms. The fourth-order valence-electron chi connectivity index (χ4n) is 1.50. The van der Waals surface area contributed by atoms with Crippen molar-refractivity contribution in [2.75, 3.05) is 7.05 Å². The summed E-state index contributed by atoms with van der Waals surface area (Å²) in [5, 5.41) is 2.44. The van der Waals surface area contributed by atoms with E-state index in [1.807, 2.05) is 0 Å². The fourth-order valence-corrected chi connectivity index (χ4v) is 3.70. The van der Waals surface area contributed by atoms with Gasteiger partial charge in [-0.3, -0.25) is 9.78 Å². The third kappa shape index (κ3) is 2.41. The monoisotopic (exact) mass is 343 g/mol. The van der Waals surface area contributed by atoms with Gasteiger partial charge in [-0.1, -0.05) is 0 Å². The van der Waals surface area contributed by atoms with Crippen LogP contribution in [0.2, 0.25) is 0 Å². The van der Waals surface area contributed by atoms with Crippen LogP contribution in [0.15, 0.2) is 46.3 Å². The zero-order valence-electron chi connectivity index (χ0n) is 9.87. The lowest BCUT2D eigenvalue weighted by Gasteiger charge is -2.07. The number of hydrogen-bond acceptors (Lipinski definition) is 4. The molecule has 0 radical (unpaired) electrons. The molecule has 2 aromatic heterocycles. The van der Waals surface area contributed by atoms with E-state index >= 15 is 0 Å². The molecule has 8 heteroatoms. The van der Waals surface area contributed by atoms with Crippen molar-refractivity contribution < 1.29 is 13.2 Å². The summed E-state index contributed by atoms with van der Waals surface area (Å²) in [5.74, 6) is -0.369. The van der Waals surface area contributed by atoms with Gasteiger partial charge >= 0.3 is 0 Å². The summed E-state index contributed by atoms with van der Waals surface area (Å²) in [6.45, 7) is 0. The summed E-state index contributed by atoms with van der Waals surface area (Å²) in [6, 6.07) is 4.40. The summed E-state index contributed by atoms with van der Waals surface area (Å²) in [7, 11) is -2.29. The Kier molecular flexibility index (Phi) is 3.72. The maximum absolute atomic E-state index is 12.3. The Balaban J connectivity index is 2.55. The van der Waals surface area contributed by atoms with Crippen molar-refractivity contribution in [2.24, 2.45) is 0 Å². The highest BCUT2D eigenvalue weighted by atomic mass is 79.9. The third-order valence-electron chi connectivity index (χ3n) is 2.46. The Morgan fingerprint density at radius 1 is 1.42 bits per heavy atom. The minimum atomic E-state index is -3.76. The van der Waals surface area contributed by atoms with Gasteiger partial charge in [-0.05, 0) is 34.1 Å². The molecule has 0 atom stereocenters. The molecule has 0 aliphatic rings. The Morgan fingerprint density at radius 3 is 2.74 bits per heavy atom. The Hall–Kier alpha value is -1.67. The second kappa shape index (κ2) is 5.14. The van der Waals surface area contributed by atoms with E-state index in [1.54, 1.807) is 0 Å². The summed E-state index contributed by atoms with van der Waals surface area (Å²) < 4.78 is 25.9. The van der Waals surface area contributed by atoms with Gasteiger partial charge < -0.3 is 5.32 Å². The maximum atomic E-state index is 12.3. The average molecular weight is 344 g/mol. The van der Waals surface area contributed by atoms with Gasteiger partial charge in [0.05, 0.1) is 5.56 Å². The van der Waals surface area contributed by atoms with Crippen LogP contribution in [-0.4, -0.2) is 30.3 Å². The molecule has 0 bridgehead atoms. The van der Waals surface area contributed by atoms with Crippen LogP contribution in [0.1, 0.15) is 10.4 Å². The van der Waals surface area contributed by atoms with Crippen molar-refractivity contribution in [1.82, 2.24) is 14.3 Å². The van der Waals surface area contributed by atoms with Crippen molar-refractivity contribution >= 4 is 31.9 Å². The SMILES string of the molecule is CNC(=O)c1ccn(S(=O)(=O)c2cccnc2)c1Br. The third-order valence-corrected chi connectivity index (χ3v) is 5.16. The molecule has 2 heterocycles. The lowest BCUT2D eigenvalue weighted by molar-refractivity contribution is 0.0962. The zero-order valence-corrected chi connectivity index (χ0v) is 12.3. The molecule has 0 saturated carbocycles. The van der Waals surface area contributed by atoms with Crippen molar-refractivity contribution in [3.05, 3.63) is 47.0 Å². The van der Waals surface area contributed by atoms with Gasteiger partial charge in [0.1, 0.15) is 9.50 Å². The van der Waals surface area contributed by atoms with Crippen molar-refractivity contribution in [3.63, 3.8) is 0 Å². The van der Waals surface area contributed by atoms with Crippen LogP contribution in [0.5, 0.6) is 0 Å². The molecule has 2 rings (SSSR count). The smallest absolute Gasteiger partial charge is 0.270 e. The molecule has 0 unspecified atom stereocenters. The number of hydrogen-bond donors (Lipinski definition) is 1. The van der Waals surface area contributed by atoms with Crippen LogP contribution in [0.25, 0.3) is 0 Å². The molecule has 19 heavy (non-hydrogen) atoms. The standard InChI is InChI=1S/C11H10BrN3O3S/c1-13-11(16)9-4-6-15(10(9)12)19(17,18)8-3-2-5-14-7-8/h2-7H,1H3,(H,13,16). The highest BCUT2D eigenvalue weighted by molar-refractivity contribution is 9.10. The van der Waals surface area contributed by atoms with Gasteiger partial charge in [0, 0.05) is 25.6 Å². The summed E-state index contributed by atoms with van der Waals surface area (Å²) in [6.07, 6.45) is 4.05. The van der Waals surface area contributed by atoms with Crippen molar-refractivity contribution in [1.29, 1.82) is 0 Å². The number of rotatable bonds is 3. The predicted molar refractivity (Wildman–Crippen MR) is 72.3 cm³/mol. The van der Waals surface area contributed by atoms with Crippen LogP contribution >= 0.6 is 15.9 Å². The number of nitrogens with zero attached hydrogens (tertiary/aromatic N) is 2. The topological polar surface area (TPSA) is 81.1 Å². The molecule has 0 aliphatic heterocycles. The average Bonchev–Trinajstić information content (AvgIpc) is 2.81. The number of carbonyl (C=O) groups is 1. The minimum absolute atomic E-state index is 0.0507.